The zero-order chi connectivity index (χ0) is 14.9. The van der Waals surface area contributed by atoms with Crippen molar-refractivity contribution in [1.29, 1.82) is 0 Å². The molecule has 0 bridgehead atoms. The van der Waals surface area contributed by atoms with E-state index in [4.69, 9.17) is 0 Å². The highest BCUT2D eigenvalue weighted by atomic mass is 79.9. The Labute approximate surface area is 123 Å². The Morgan fingerprint density at radius 2 is 1.75 bits per heavy atom. The molecule has 0 spiro atoms. The van der Waals surface area contributed by atoms with Gasteiger partial charge in [-0.25, -0.2) is 13.2 Å². The normalized spacial score (nSPS) is 12.3. The summed E-state index contributed by atoms with van der Waals surface area (Å²) in [5.41, 5.74) is 1.09. The van der Waals surface area contributed by atoms with Crippen LogP contribution in [-0.2, 0) is 0 Å². The smallest absolute Gasteiger partial charge is 0.146 e. The van der Waals surface area contributed by atoms with Crippen LogP contribution in [0.2, 0.25) is 0 Å². The van der Waals surface area contributed by atoms with Crippen molar-refractivity contribution in [1.82, 2.24) is 0 Å². The van der Waals surface area contributed by atoms with Crippen LogP contribution in [0.5, 0.6) is 0 Å². The van der Waals surface area contributed by atoms with Crippen molar-refractivity contribution in [3.63, 3.8) is 0 Å². The highest BCUT2D eigenvalue weighted by molar-refractivity contribution is 9.10. The third-order valence-electron chi connectivity index (χ3n) is 3.05. The number of aryl methyl sites for hydroxylation is 1. The first-order chi connectivity index (χ1) is 9.38. The maximum Gasteiger partial charge on any atom is 0.146 e. The molecule has 1 nitrogen and oxygen atoms in total. The molecule has 0 fully saturated rings. The Morgan fingerprint density at radius 3 is 2.40 bits per heavy atom. The van der Waals surface area contributed by atoms with Gasteiger partial charge in [-0.3, -0.25) is 0 Å². The number of nitrogens with one attached hydrogen (secondary N) is 1. The molecule has 20 heavy (non-hydrogen) atoms. The predicted molar refractivity (Wildman–Crippen MR) is 77.2 cm³/mol. The molecular weight excluding hydrogens is 331 g/mol. The second kappa shape index (κ2) is 5.87. The minimum atomic E-state index is -0.519. The van der Waals surface area contributed by atoms with E-state index in [9.17, 15) is 13.2 Å². The number of anilines is 1. The number of hydrogen-bond acceptors (Lipinski definition) is 1. The van der Waals surface area contributed by atoms with Crippen LogP contribution >= 0.6 is 15.9 Å². The van der Waals surface area contributed by atoms with Gasteiger partial charge < -0.3 is 5.32 Å². The van der Waals surface area contributed by atoms with E-state index in [1.165, 1.54) is 19.1 Å². The van der Waals surface area contributed by atoms with E-state index in [1.54, 1.807) is 13.0 Å². The van der Waals surface area contributed by atoms with Crippen molar-refractivity contribution in [3.8, 4) is 0 Å². The summed E-state index contributed by atoms with van der Waals surface area (Å²) in [5, 5.41) is 2.89. The third kappa shape index (κ3) is 3.15. The molecule has 0 saturated heterocycles. The third-order valence-corrected chi connectivity index (χ3v) is 3.74. The lowest BCUT2D eigenvalue weighted by Gasteiger charge is -2.18. The lowest BCUT2D eigenvalue weighted by molar-refractivity contribution is 0.592. The van der Waals surface area contributed by atoms with Crippen LogP contribution in [0.1, 0.15) is 24.1 Å². The number of hydrogen-bond donors (Lipinski definition) is 1. The van der Waals surface area contributed by atoms with Gasteiger partial charge in [0.25, 0.3) is 0 Å². The summed E-state index contributed by atoms with van der Waals surface area (Å²) in [6.45, 7) is 3.29. The maximum absolute atomic E-state index is 13.8. The molecule has 2 rings (SSSR count). The van der Waals surface area contributed by atoms with Gasteiger partial charge in [-0.1, -0.05) is 22.0 Å². The van der Waals surface area contributed by atoms with E-state index in [0.717, 1.165) is 17.7 Å². The van der Waals surface area contributed by atoms with E-state index in [2.05, 4.69) is 21.2 Å². The molecule has 0 aliphatic rings. The van der Waals surface area contributed by atoms with E-state index < -0.39 is 11.6 Å². The molecular formula is C15H13BrF3N. The zero-order valence-electron chi connectivity index (χ0n) is 11.0. The standard InChI is InChI=1S/C15H13BrF3N/c1-8-5-14(19)15(7-13(8)18)20-9(2)11-4-3-10(17)6-12(11)16/h3-7,9,20H,1-2H3. The van der Waals surface area contributed by atoms with E-state index in [1.807, 2.05) is 0 Å². The summed E-state index contributed by atoms with van der Waals surface area (Å²) in [7, 11) is 0. The second-order valence-corrected chi connectivity index (χ2v) is 5.47. The summed E-state index contributed by atoms with van der Waals surface area (Å²) in [5.74, 6) is -1.35. The van der Waals surface area contributed by atoms with Gasteiger partial charge in [0.1, 0.15) is 17.5 Å². The van der Waals surface area contributed by atoms with Gasteiger partial charge >= 0.3 is 0 Å². The van der Waals surface area contributed by atoms with Crippen LogP contribution in [0.15, 0.2) is 34.8 Å². The summed E-state index contributed by atoms with van der Waals surface area (Å²) < 4.78 is 40.9. The van der Waals surface area contributed by atoms with E-state index in [0.29, 0.717) is 4.47 Å². The average molecular weight is 344 g/mol. The molecule has 0 amide bonds. The molecule has 0 aliphatic carbocycles. The Morgan fingerprint density at radius 1 is 1.05 bits per heavy atom. The Balaban J connectivity index is 2.27. The molecule has 2 aromatic rings. The van der Waals surface area contributed by atoms with Crippen molar-refractivity contribution in [2.45, 2.75) is 19.9 Å². The van der Waals surface area contributed by atoms with Gasteiger partial charge in [0, 0.05) is 16.6 Å². The largest absolute Gasteiger partial charge is 0.376 e. The molecule has 106 valence electrons. The second-order valence-electron chi connectivity index (χ2n) is 4.61. The van der Waals surface area contributed by atoms with Crippen molar-refractivity contribution in [2.24, 2.45) is 0 Å². The number of halogens is 4. The molecule has 0 saturated carbocycles. The van der Waals surface area contributed by atoms with E-state index >= 15 is 0 Å². The molecule has 1 unspecified atom stereocenters. The van der Waals surface area contributed by atoms with Crippen molar-refractivity contribution >= 4 is 21.6 Å². The van der Waals surface area contributed by atoms with Crippen LogP contribution in [0.4, 0.5) is 18.9 Å². The minimum absolute atomic E-state index is 0.0804. The molecule has 0 heterocycles. The minimum Gasteiger partial charge on any atom is -0.376 e. The van der Waals surface area contributed by atoms with Crippen molar-refractivity contribution < 1.29 is 13.2 Å². The SMILES string of the molecule is Cc1cc(F)c(NC(C)c2ccc(F)cc2Br)cc1F. The maximum atomic E-state index is 13.8. The Bertz CT molecular complexity index is 643. The quantitative estimate of drug-likeness (QED) is 0.792. The first-order valence-corrected chi connectivity index (χ1v) is 6.85. The van der Waals surface area contributed by atoms with Gasteiger partial charge in [-0.15, -0.1) is 0 Å². The van der Waals surface area contributed by atoms with Crippen molar-refractivity contribution in [2.75, 3.05) is 5.32 Å². The fraction of sp³-hybridized carbons (Fsp3) is 0.200. The monoisotopic (exact) mass is 343 g/mol. The van der Waals surface area contributed by atoms with Gasteiger partial charge in [-0.2, -0.15) is 0 Å². The van der Waals surface area contributed by atoms with E-state index in [-0.39, 0.29) is 23.1 Å². The van der Waals surface area contributed by atoms with Gasteiger partial charge in [0.15, 0.2) is 0 Å². The summed E-state index contributed by atoms with van der Waals surface area (Å²) in [6, 6.07) is 6.22. The molecule has 5 heteroatoms. The fourth-order valence-corrected chi connectivity index (χ4v) is 2.61. The number of rotatable bonds is 3. The van der Waals surface area contributed by atoms with Crippen LogP contribution in [0, 0.1) is 24.4 Å². The molecule has 1 atom stereocenters. The lowest BCUT2D eigenvalue weighted by atomic mass is 10.1. The first kappa shape index (κ1) is 14.9. The van der Waals surface area contributed by atoms with Crippen LogP contribution < -0.4 is 5.32 Å². The highest BCUT2D eigenvalue weighted by Gasteiger charge is 2.13. The van der Waals surface area contributed by atoms with Crippen LogP contribution in [0.25, 0.3) is 0 Å². The Kier molecular flexibility index (Phi) is 4.38. The fourth-order valence-electron chi connectivity index (χ4n) is 1.92. The van der Waals surface area contributed by atoms with Crippen molar-refractivity contribution in [3.05, 3.63) is 63.4 Å². The Hall–Kier alpha value is -1.49. The van der Waals surface area contributed by atoms with Gasteiger partial charge in [-0.05, 0) is 43.2 Å². The number of benzene rings is 2. The topological polar surface area (TPSA) is 12.0 Å². The predicted octanol–water partition coefficient (Wildman–Crippen LogP) is 5.35. The summed E-state index contributed by atoms with van der Waals surface area (Å²) in [4.78, 5) is 0. The molecule has 0 radical (unpaired) electrons. The van der Waals surface area contributed by atoms with Crippen LogP contribution in [-0.4, -0.2) is 0 Å². The highest BCUT2D eigenvalue weighted by Crippen LogP contribution is 2.28. The average Bonchev–Trinajstić information content (AvgIpc) is 2.35. The first-order valence-electron chi connectivity index (χ1n) is 6.05. The molecule has 2 aromatic carbocycles. The summed E-state index contributed by atoms with van der Waals surface area (Å²) in [6.07, 6.45) is 0. The summed E-state index contributed by atoms with van der Waals surface area (Å²) >= 11 is 3.26. The molecule has 0 aromatic heterocycles. The van der Waals surface area contributed by atoms with Gasteiger partial charge in [0.2, 0.25) is 0 Å². The zero-order valence-corrected chi connectivity index (χ0v) is 12.6. The van der Waals surface area contributed by atoms with Crippen LogP contribution in [0.3, 0.4) is 0 Å². The lowest BCUT2D eigenvalue weighted by Crippen LogP contribution is -2.09. The van der Waals surface area contributed by atoms with Gasteiger partial charge in [0.05, 0.1) is 5.69 Å². The molecule has 0 aliphatic heterocycles. The molecule has 1 N–H and O–H groups in total.